The maximum atomic E-state index is 4.53. The van der Waals surface area contributed by atoms with E-state index in [1.165, 1.54) is 16.7 Å². The second kappa shape index (κ2) is 8.30. The second-order valence-electron chi connectivity index (χ2n) is 5.64. The van der Waals surface area contributed by atoms with Gasteiger partial charge in [-0.15, -0.1) is 0 Å². The zero-order chi connectivity index (χ0) is 15.8. The molecule has 0 aliphatic rings. The van der Waals surface area contributed by atoms with Crippen LogP contribution in [-0.4, -0.2) is 11.5 Å². The minimum atomic E-state index is 0.909. The molecule has 0 atom stereocenters. The molecule has 1 N–H and O–H groups in total. The lowest BCUT2D eigenvalue weighted by molar-refractivity contribution is 0.685. The maximum absolute atomic E-state index is 4.53. The summed E-state index contributed by atoms with van der Waals surface area (Å²) in [6.45, 7) is 9.82. The number of hydrogen-bond acceptors (Lipinski definition) is 2. The lowest BCUT2D eigenvalue weighted by atomic mass is 10.1. The first kappa shape index (κ1) is 16.2. The first-order valence-electron chi connectivity index (χ1n) is 7.69. The molecular formula is C20H24N2. The first-order valence-corrected chi connectivity index (χ1v) is 7.69. The number of allylic oxidation sites excluding steroid dienone is 2. The average Bonchev–Trinajstić information content (AvgIpc) is 2.51. The molecule has 114 valence electrons. The molecule has 2 rings (SSSR count). The molecular weight excluding hydrogens is 268 g/mol. The van der Waals surface area contributed by atoms with E-state index in [1.54, 1.807) is 0 Å². The Morgan fingerprint density at radius 3 is 2.68 bits per heavy atom. The lowest BCUT2D eigenvalue weighted by Crippen LogP contribution is -2.16. The van der Waals surface area contributed by atoms with Crippen LogP contribution in [0.25, 0.3) is 6.08 Å². The van der Waals surface area contributed by atoms with E-state index in [4.69, 9.17) is 0 Å². The number of rotatable bonds is 7. The predicted octanol–water partition coefficient (Wildman–Crippen LogP) is 4.31. The molecule has 0 fully saturated rings. The van der Waals surface area contributed by atoms with Gasteiger partial charge in [-0.3, -0.25) is 4.98 Å². The Morgan fingerprint density at radius 1 is 1.23 bits per heavy atom. The molecule has 0 spiro atoms. The van der Waals surface area contributed by atoms with Crippen molar-refractivity contribution in [3.63, 3.8) is 0 Å². The molecule has 0 unspecified atom stereocenters. The second-order valence-corrected chi connectivity index (χ2v) is 5.64. The van der Waals surface area contributed by atoms with Crippen LogP contribution in [0.5, 0.6) is 0 Å². The van der Waals surface area contributed by atoms with E-state index >= 15 is 0 Å². The van der Waals surface area contributed by atoms with Gasteiger partial charge in [-0.05, 0) is 49.6 Å². The largest absolute Gasteiger partial charge is 0.312 e. The van der Waals surface area contributed by atoms with Crippen molar-refractivity contribution >= 4 is 6.08 Å². The molecule has 0 radical (unpaired) electrons. The Morgan fingerprint density at radius 2 is 2.00 bits per heavy atom. The van der Waals surface area contributed by atoms with Crippen LogP contribution in [0.2, 0.25) is 0 Å². The minimum Gasteiger partial charge on any atom is -0.312 e. The van der Waals surface area contributed by atoms with E-state index in [9.17, 15) is 0 Å². The monoisotopic (exact) mass is 292 g/mol. The van der Waals surface area contributed by atoms with Crippen molar-refractivity contribution in [3.05, 3.63) is 83.2 Å². The summed E-state index contributed by atoms with van der Waals surface area (Å²) in [4.78, 5) is 4.53. The summed E-state index contributed by atoms with van der Waals surface area (Å²) in [6.07, 6.45) is 6.98. The van der Waals surface area contributed by atoms with Crippen molar-refractivity contribution in [2.24, 2.45) is 0 Å². The quantitative estimate of drug-likeness (QED) is 0.607. The Kier molecular flexibility index (Phi) is 6.11. The van der Waals surface area contributed by atoms with Gasteiger partial charge in [0.25, 0.3) is 0 Å². The fraction of sp³-hybridized carbons (Fsp3) is 0.250. The topological polar surface area (TPSA) is 24.9 Å². The first-order chi connectivity index (χ1) is 10.6. The smallest absolute Gasteiger partial charge is 0.0659 e. The van der Waals surface area contributed by atoms with Gasteiger partial charge in [-0.1, -0.05) is 54.6 Å². The van der Waals surface area contributed by atoms with Gasteiger partial charge < -0.3 is 5.32 Å². The minimum absolute atomic E-state index is 0.909. The molecule has 2 nitrogen and oxygen atoms in total. The molecule has 2 aromatic rings. The predicted molar refractivity (Wildman–Crippen MR) is 94.7 cm³/mol. The van der Waals surface area contributed by atoms with Crippen molar-refractivity contribution in [1.82, 2.24) is 10.3 Å². The zero-order valence-electron chi connectivity index (χ0n) is 13.5. The van der Waals surface area contributed by atoms with E-state index in [0.717, 1.165) is 30.8 Å². The molecule has 0 amide bonds. The molecule has 0 bridgehead atoms. The number of hydrogen-bond donors (Lipinski definition) is 1. The van der Waals surface area contributed by atoms with E-state index < -0.39 is 0 Å². The molecule has 1 aromatic carbocycles. The van der Waals surface area contributed by atoms with E-state index in [-0.39, 0.29) is 0 Å². The third-order valence-corrected chi connectivity index (χ3v) is 3.46. The average molecular weight is 292 g/mol. The number of aromatic nitrogens is 1. The third kappa shape index (κ3) is 5.30. The fourth-order valence-electron chi connectivity index (χ4n) is 2.24. The van der Waals surface area contributed by atoms with E-state index in [2.05, 4.69) is 54.1 Å². The van der Waals surface area contributed by atoms with Crippen molar-refractivity contribution in [2.45, 2.75) is 26.8 Å². The fourth-order valence-corrected chi connectivity index (χ4v) is 2.24. The summed E-state index contributed by atoms with van der Waals surface area (Å²) in [5.74, 6) is 0. The zero-order valence-corrected chi connectivity index (χ0v) is 13.5. The lowest BCUT2D eigenvalue weighted by Gasteiger charge is -2.07. The summed E-state index contributed by atoms with van der Waals surface area (Å²) >= 11 is 0. The molecule has 0 saturated heterocycles. The van der Waals surface area contributed by atoms with Crippen molar-refractivity contribution in [3.8, 4) is 0 Å². The Balaban J connectivity index is 1.83. The normalized spacial score (nSPS) is 11.0. The highest BCUT2D eigenvalue weighted by Crippen LogP contribution is 2.11. The molecule has 2 heteroatoms. The molecule has 0 saturated carbocycles. The van der Waals surface area contributed by atoms with Crippen LogP contribution in [0.4, 0.5) is 0 Å². The standard InChI is InChI=1S/C20H24N2/c1-16(2)9-10-20-17(3)13-19(15-22-20)11-12-21-14-18-7-5-4-6-8-18/h4-10,13,15,21H,1,11-12,14H2,2-3H3/b10-9-. The number of pyridine rings is 1. The Labute approximate surface area is 133 Å². The van der Waals surface area contributed by atoms with Crippen LogP contribution in [-0.2, 0) is 13.0 Å². The molecule has 0 aliphatic carbocycles. The van der Waals surface area contributed by atoms with Gasteiger partial charge in [-0.25, -0.2) is 0 Å². The highest BCUT2D eigenvalue weighted by atomic mass is 14.8. The van der Waals surface area contributed by atoms with Crippen molar-refractivity contribution < 1.29 is 0 Å². The highest BCUT2D eigenvalue weighted by molar-refractivity contribution is 5.52. The maximum Gasteiger partial charge on any atom is 0.0659 e. The van der Waals surface area contributed by atoms with Crippen LogP contribution in [0.15, 0.2) is 60.8 Å². The van der Waals surface area contributed by atoms with Crippen molar-refractivity contribution in [2.75, 3.05) is 6.54 Å². The van der Waals surface area contributed by atoms with Crippen molar-refractivity contribution in [1.29, 1.82) is 0 Å². The van der Waals surface area contributed by atoms with Gasteiger partial charge in [-0.2, -0.15) is 0 Å². The van der Waals surface area contributed by atoms with Gasteiger partial charge in [0, 0.05) is 12.7 Å². The number of nitrogens with one attached hydrogen (secondary N) is 1. The van der Waals surface area contributed by atoms with Crippen LogP contribution < -0.4 is 5.32 Å². The Hall–Kier alpha value is -2.19. The van der Waals surface area contributed by atoms with Gasteiger partial charge in [0.05, 0.1) is 5.69 Å². The van der Waals surface area contributed by atoms with Gasteiger partial charge in [0.2, 0.25) is 0 Å². The SMILES string of the molecule is C=C(C)/C=C\c1ncc(CCNCc2ccccc2)cc1C. The van der Waals surface area contributed by atoms with Gasteiger partial charge in [0.1, 0.15) is 0 Å². The Bertz CT molecular complexity index is 642. The summed E-state index contributed by atoms with van der Waals surface area (Å²) in [7, 11) is 0. The molecule has 1 heterocycles. The van der Waals surface area contributed by atoms with Crippen LogP contribution in [0, 0.1) is 6.92 Å². The third-order valence-electron chi connectivity index (χ3n) is 3.46. The van der Waals surface area contributed by atoms with E-state index in [0.29, 0.717) is 0 Å². The molecule has 22 heavy (non-hydrogen) atoms. The summed E-state index contributed by atoms with van der Waals surface area (Å²) in [6, 6.07) is 12.7. The summed E-state index contributed by atoms with van der Waals surface area (Å²) in [5.41, 5.74) is 5.85. The number of aryl methyl sites for hydroxylation is 1. The van der Waals surface area contributed by atoms with Crippen LogP contribution >= 0.6 is 0 Å². The van der Waals surface area contributed by atoms with Gasteiger partial charge >= 0.3 is 0 Å². The number of benzene rings is 1. The number of nitrogens with zero attached hydrogens (tertiary/aromatic N) is 1. The molecule has 1 aromatic heterocycles. The summed E-state index contributed by atoms with van der Waals surface area (Å²) < 4.78 is 0. The summed E-state index contributed by atoms with van der Waals surface area (Å²) in [5, 5.41) is 3.47. The highest BCUT2D eigenvalue weighted by Gasteiger charge is 2.00. The van der Waals surface area contributed by atoms with Crippen LogP contribution in [0.1, 0.15) is 29.3 Å². The van der Waals surface area contributed by atoms with E-state index in [1.807, 2.05) is 31.3 Å². The van der Waals surface area contributed by atoms with Gasteiger partial charge in [0.15, 0.2) is 0 Å². The van der Waals surface area contributed by atoms with Crippen LogP contribution in [0.3, 0.4) is 0 Å². The molecule has 0 aliphatic heterocycles.